The zero-order chi connectivity index (χ0) is 14.1. The fourth-order valence-electron chi connectivity index (χ4n) is 2.02. The van der Waals surface area contributed by atoms with Gasteiger partial charge in [0.05, 0.1) is 0 Å². The van der Waals surface area contributed by atoms with Crippen LogP contribution in [0, 0.1) is 16.9 Å². The van der Waals surface area contributed by atoms with Crippen molar-refractivity contribution >= 4 is 5.78 Å². The molecule has 2 nitrogen and oxygen atoms in total. The van der Waals surface area contributed by atoms with Gasteiger partial charge in [-0.25, -0.2) is 0 Å². The van der Waals surface area contributed by atoms with E-state index in [4.69, 9.17) is 0 Å². The third kappa shape index (κ3) is 2.74. The highest BCUT2D eigenvalue weighted by molar-refractivity contribution is 6.07. The molecule has 0 atom stereocenters. The lowest BCUT2D eigenvalue weighted by Crippen LogP contribution is -2.28. The Labute approximate surface area is 111 Å². The molecule has 1 aliphatic rings. The van der Waals surface area contributed by atoms with Gasteiger partial charge >= 0.3 is 0 Å². The van der Waals surface area contributed by atoms with Crippen molar-refractivity contribution in [1.82, 2.24) is 0 Å². The molecule has 0 aromatic heterocycles. The third-order valence-corrected chi connectivity index (χ3v) is 4.32. The summed E-state index contributed by atoms with van der Waals surface area (Å²) in [6.07, 6.45) is 5.29. The Balaban J connectivity index is 3.12. The van der Waals surface area contributed by atoms with Crippen LogP contribution in [0.15, 0.2) is 23.3 Å². The number of hydrogen-bond donors (Lipinski definition) is 1. The SMILES string of the molecule is CCC(C)(C)C1=CC(=O)C(C(C)(C)CC)=C[C]1O. The van der Waals surface area contributed by atoms with Crippen molar-refractivity contribution in [2.45, 2.75) is 54.4 Å². The third-order valence-electron chi connectivity index (χ3n) is 4.32. The van der Waals surface area contributed by atoms with E-state index in [0.717, 1.165) is 18.4 Å². The molecule has 0 aliphatic heterocycles. The van der Waals surface area contributed by atoms with Gasteiger partial charge in [-0.15, -0.1) is 0 Å². The number of rotatable bonds is 4. The normalized spacial score (nSPS) is 18.7. The standard InChI is InChI=1S/C16H25O2/c1-7-15(3,4)11-9-14(18)12(10-13(11)17)16(5,6)8-2/h9-10,17H,7-8H2,1-6H3. The highest BCUT2D eigenvalue weighted by atomic mass is 16.3. The molecule has 0 saturated carbocycles. The molecule has 0 aromatic carbocycles. The Kier molecular flexibility index (Phi) is 4.22. The van der Waals surface area contributed by atoms with E-state index in [1.54, 1.807) is 12.2 Å². The molecular formula is C16H25O2. The zero-order valence-corrected chi connectivity index (χ0v) is 12.4. The fraction of sp³-hybridized carbons (Fsp3) is 0.625. The Hall–Kier alpha value is -0.890. The molecule has 0 fully saturated rings. The minimum absolute atomic E-state index is 0.0381. The summed E-state index contributed by atoms with van der Waals surface area (Å²) in [6, 6.07) is 0. The Bertz CT molecular complexity index is 397. The van der Waals surface area contributed by atoms with Crippen molar-refractivity contribution in [3.8, 4) is 0 Å². The van der Waals surface area contributed by atoms with Gasteiger partial charge in [-0.05, 0) is 41.4 Å². The van der Waals surface area contributed by atoms with E-state index in [-0.39, 0.29) is 22.7 Å². The number of ketones is 1. The van der Waals surface area contributed by atoms with E-state index >= 15 is 0 Å². The van der Waals surface area contributed by atoms with Crippen molar-refractivity contribution in [2.24, 2.45) is 10.8 Å². The monoisotopic (exact) mass is 249 g/mol. The minimum Gasteiger partial charge on any atom is -0.378 e. The molecule has 1 rings (SSSR count). The van der Waals surface area contributed by atoms with Crippen LogP contribution in [-0.2, 0) is 4.79 Å². The average Bonchev–Trinajstić information content (AvgIpc) is 2.31. The number of carbonyl (C=O) groups is 1. The first-order valence-corrected chi connectivity index (χ1v) is 6.70. The Morgan fingerprint density at radius 1 is 0.944 bits per heavy atom. The van der Waals surface area contributed by atoms with Crippen LogP contribution in [0.4, 0.5) is 0 Å². The molecule has 1 radical (unpaired) electrons. The first-order valence-electron chi connectivity index (χ1n) is 6.70. The molecule has 0 saturated heterocycles. The lowest BCUT2D eigenvalue weighted by atomic mass is 9.71. The first kappa shape index (κ1) is 15.2. The topological polar surface area (TPSA) is 37.3 Å². The van der Waals surface area contributed by atoms with Crippen LogP contribution >= 0.6 is 0 Å². The van der Waals surface area contributed by atoms with Gasteiger partial charge < -0.3 is 5.11 Å². The summed E-state index contributed by atoms with van der Waals surface area (Å²) in [7, 11) is 0. The zero-order valence-electron chi connectivity index (χ0n) is 12.4. The van der Waals surface area contributed by atoms with Gasteiger partial charge in [0.15, 0.2) is 5.78 Å². The maximum Gasteiger partial charge on any atom is 0.182 e. The van der Waals surface area contributed by atoms with Crippen molar-refractivity contribution in [1.29, 1.82) is 0 Å². The second kappa shape index (κ2) is 5.00. The van der Waals surface area contributed by atoms with Crippen molar-refractivity contribution in [2.75, 3.05) is 0 Å². The van der Waals surface area contributed by atoms with Crippen molar-refractivity contribution < 1.29 is 9.90 Å². The molecule has 0 amide bonds. The van der Waals surface area contributed by atoms with Gasteiger partial charge in [0.25, 0.3) is 0 Å². The van der Waals surface area contributed by atoms with Crippen molar-refractivity contribution in [3.63, 3.8) is 0 Å². The second-order valence-electron chi connectivity index (χ2n) is 6.34. The van der Waals surface area contributed by atoms with Gasteiger partial charge in [-0.2, -0.15) is 0 Å². The number of hydrogen-bond acceptors (Lipinski definition) is 2. The summed E-state index contributed by atoms with van der Waals surface area (Å²) in [5.41, 5.74) is 1.10. The van der Waals surface area contributed by atoms with E-state index < -0.39 is 0 Å². The summed E-state index contributed by atoms with van der Waals surface area (Å²) < 4.78 is 0. The summed E-state index contributed by atoms with van der Waals surface area (Å²) >= 11 is 0. The number of aliphatic hydroxyl groups is 1. The van der Waals surface area contributed by atoms with E-state index in [1.165, 1.54) is 0 Å². The fourth-order valence-corrected chi connectivity index (χ4v) is 2.02. The summed E-state index contributed by atoms with van der Waals surface area (Å²) in [5.74, 6) is 0.0381. The van der Waals surface area contributed by atoms with Crippen LogP contribution in [0.2, 0.25) is 0 Å². The van der Waals surface area contributed by atoms with Crippen LogP contribution in [0.25, 0.3) is 0 Å². The van der Waals surface area contributed by atoms with E-state index in [2.05, 4.69) is 13.8 Å². The van der Waals surface area contributed by atoms with E-state index in [1.807, 2.05) is 27.7 Å². The number of carbonyl (C=O) groups excluding carboxylic acids is 1. The molecule has 0 aromatic rings. The number of aliphatic hydroxyl groups excluding tert-OH is 1. The predicted octanol–water partition coefficient (Wildman–Crippen LogP) is 4.20. The molecule has 1 aliphatic carbocycles. The molecule has 18 heavy (non-hydrogen) atoms. The summed E-state index contributed by atoms with van der Waals surface area (Å²) in [4.78, 5) is 12.2. The minimum atomic E-state index is -0.191. The largest absolute Gasteiger partial charge is 0.378 e. The molecule has 0 heterocycles. The molecular weight excluding hydrogens is 224 g/mol. The van der Waals surface area contributed by atoms with Crippen LogP contribution in [0.5, 0.6) is 0 Å². The summed E-state index contributed by atoms with van der Waals surface area (Å²) in [6.45, 7) is 12.3. The van der Waals surface area contributed by atoms with Crippen molar-refractivity contribution in [3.05, 3.63) is 29.4 Å². The lowest BCUT2D eigenvalue weighted by Gasteiger charge is -2.34. The molecule has 2 heteroatoms. The van der Waals surface area contributed by atoms with E-state index in [9.17, 15) is 9.90 Å². The van der Waals surface area contributed by atoms with Crippen LogP contribution in [-0.4, -0.2) is 10.9 Å². The van der Waals surface area contributed by atoms with Crippen LogP contribution in [0.3, 0.4) is 0 Å². The van der Waals surface area contributed by atoms with Gasteiger partial charge in [0.2, 0.25) is 0 Å². The highest BCUT2D eigenvalue weighted by Gasteiger charge is 2.35. The molecule has 0 bridgehead atoms. The van der Waals surface area contributed by atoms with Gasteiger partial charge in [0, 0.05) is 5.57 Å². The molecule has 101 valence electrons. The average molecular weight is 249 g/mol. The second-order valence-corrected chi connectivity index (χ2v) is 6.34. The Morgan fingerprint density at radius 3 is 1.83 bits per heavy atom. The number of allylic oxidation sites excluding steroid dienone is 2. The van der Waals surface area contributed by atoms with E-state index in [0.29, 0.717) is 5.57 Å². The van der Waals surface area contributed by atoms with Crippen LogP contribution in [0.1, 0.15) is 54.4 Å². The van der Waals surface area contributed by atoms with Gasteiger partial charge in [0.1, 0.15) is 6.10 Å². The molecule has 0 unspecified atom stereocenters. The van der Waals surface area contributed by atoms with Crippen LogP contribution < -0.4 is 0 Å². The highest BCUT2D eigenvalue weighted by Crippen LogP contribution is 2.42. The maximum absolute atomic E-state index is 12.2. The Morgan fingerprint density at radius 2 is 1.39 bits per heavy atom. The summed E-state index contributed by atoms with van der Waals surface area (Å²) in [5, 5.41) is 10.2. The molecule has 1 N–H and O–H groups in total. The predicted molar refractivity (Wildman–Crippen MR) is 74.5 cm³/mol. The molecule has 0 spiro atoms. The smallest absolute Gasteiger partial charge is 0.182 e. The van der Waals surface area contributed by atoms with Gasteiger partial charge in [-0.1, -0.05) is 41.5 Å². The lowest BCUT2D eigenvalue weighted by molar-refractivity contribution is -0.112. The van der Waals surface area contributed by atoms with Gasteiger partial charge in [-0.3, -0.25) is 4.79 Å². The quantitative estimate of drug-likeness (QED) is 0.810. The maximum atomic E-state index is 12.2. The first-order chi connectivity index (χ1) is 8.15.